The largest absolute Gasteiger partial charge is 0.228 e. The summed E-state index contributed by atoms with van der Waals surface area (Å²) in [5, 5.41) is 3.56. The van der Waals surface area contributed by atoms with Crippen LogP contribution in [0.25, 0.3) is 111 Å². The minimum Gasteiger partial charge on any atom is -0.228 e. The Kier molecular flexibility index (Phi) is 7.07. The van der Waals surface area contributed by atoms with Gasteiger partial charge < -0.3 is 0 Å². The summed E-state index contributed by atoms with van der Waals surface area (Å²) < 4.78 is 0. The quantitative estimate of drug-likeness (QED) is 0.177. The number of nitrogens with zero attached hydrogens (tertiary/aromatic N) is 2. The fraction of sp³-hybridized carbons (Fsp3) is 0.0164. The van der Waals surface area contributed by atoms with E-state index in [2.05, 4.69) is 218 Å². The normalized spacial score (nSPS) is 13.2. The molecule has 1 heterocycles. The first kappa shape index (κ1) is 34.5. The van der Waals surface area contributed by atoms with Gasteiger partial charge in [-0.2, -0.15) is 0 Å². The van der Waals surface area contributed by atoms with Crippen LogP contribution >= 0.6 is 0 Å². The molecule has 3 aliphatic rings. The molecule has 3 aliphatic carbocycles. The van der Waals surface area contributed by atoms with Gasteiger partial charge in [0.1, 0.15) is 0 Å². The number of hydrogen-bond donors (Lipinski definition) is 0. The van der Waals surface area contributed by atoms with E-state index in [9.17, 15) is 0 Å². The summed E-state index contributed by atoms with van der Waals surface area (Å²) in [4.78, 5) is 11.4. The molecule has 0 bridgehead atoms. The van der Waals surface area contributed by atoms with E-state index in [0.717, 1.165) is 33.5 Å². The van der Waals surface area contributed by atoms with E-state index in [-0.39, 0.29) is 0 Å². The molecule has 0 aliphatic heterocycles. The molecule has 0 saturated heterocycles. The van der Waals surface area contributed by atoms with E-state index in [1.165, 1.54) is 99.8 Å². The van der Waals surface area contributed by atoms with Crippen molar-refractivity contribution in [3.63, 3.8) is 0 Å². The van der Waals surface area contributed by atoms with Gasteiger partial charge in [0.2, 0.25) is 0 Å². The van der Waals surface area contributed by atoms with E-state index in [1.54, 1.807) is 0 Å². The molecular weight excluding hydrogens is 761 g/mol. The zero-order chi connectivity index (χ0) is 41.2. The van der Waals surface area contributed by atoms with Crippen LogP contribution in [-0.2, 0) is 5.41 Å². The number of rotatable bonds is 4. The Morgan fingerprint density at radius 3 is 1.52 bits per heavy atom. The van der Waals surface area contributed by atoms with E-state index in [1.807, 2.05) is 0 Å². The minimum absolute atomic E-state index is 0.623. The maximum atomic E-state index is 5.73. The number of aromatic nitrogens is 2. The predicted molar refractivity (Wildman–Crippen MR) is 260 cm³/mol. The standard InChI is InChI=1S/C61H36N2/c1-4-18-37(19-5-1)46-34-49-52(35-47(46)38-20-6-2-7-21-38)61(50-31-13-10-26-41(50)42-27-11-14-32-51(42)61)53-36-48-43-29-16-24-39-25-17-30-45(55(39)43)56(48)58(57(49)53)60-62-54-33-15-12-28-44(54)59(63-60)40-22-8-3-9-23-40/h1-36H. The summed E-state index contributed by atoms with van der Waals surface area (Å²) in [5.74, 6) is 0.737. The third-order valence-corrected chi connectivity index (χ3v) is 14.0. The molecule has 0 atom stereocenters. The highest BCUT2D eigenvalue weighted by atomic mass is 14.9. The van der Waals surface area contributed by atoms with E-state index >= 15 is 0 Å². The van der Waals surface area contributed by atoms with Gasteiger partial charge in [0.05, 0.1) is 16.6 Å². The molecule has 10 aromatic carbocycles. The van der Waals surface area contributed by atoms with Gasteiger partial charge in [0.15, 0.2) is 5.82 Å². The van der Waals surface area contributed by atoms with E-state index < -0.39 is 5.41 Å². The first-order valence-electron chi connectivity index (χ1n) is 21.8. The second kappa shape index (κ2) is 12.9. The number of hydrogen-bond acceptors (Lipinski definition) is 2. The van der Waals surface area contributed by atoms with Crippen LogP contribution < -0.4 is 0 Å². The van der Waals surface area contributed by atoms with Gasteiger partial charge in [-0.05, 0) is 118 Å². The number of fused-ring (bicyclic) bond motifs is 14. The van der Waals surface area contributed by atoms with Gasteiger partial charge in [-0.1, -0.05) is 194 Å². The molecule has 2 nitrogen and oxygen atoms in total. The molecule has 14 rings (SSSR count). The SMILES string of the molecule is c1ccc(-c2cc3c(cc2-c2ccccc2)C2(c4ccccc4-c4ccccc42)c2cc4c(c(-c5nc(-c6ccccc6)c6ccccc6n5)c2-3)-c2cccc3cccc-4c23)cc1. The molecule has 11 aromatic rings. The van der Waals surface area contributed by atoms with Gasteiger partial charge >= 0.3 is 0 Å². The Bertz CT molecular complexity index is 3670. The maximum Gasteiger partial charge on any atom is 0.161 e. The highest BCUT2D eigenvalue weighted by Gasteiger charge is 2.54. The van der Waals surface area contributed by atoms with Crippen molar-refractivity contribution in [2.45, 2.75) is 5.41 Å². The van der Waals surface area contributed by atoms with Crippen molar-refractivity contribution in [3.05, 3.63) is 241 Å². The molecular formula is C61H36N2. The summed E-state index contributed by atoms with van der Waals surface area (Å²) >= 11 is 0. The van der Waals surface area contributed by atoms with Crippen LogP contribution in [0.4, 0.5) is 0 Å². The van der Waals surface area contributed by atoms with Crippen molar-refractivity contribution in [2.24, 2.45) is 0 Å². The fourth-order valence-electron chi connectivity index (χ4n) is 11.5. The summed E-state index contributed by atoms with van der Waals surface area (Å²) in [7, 11) is 0. The van der Waals surface area contributed by atoms with Gasteiger partial charge in [-0.25, -0.2) is 9.97 Å². The third-order valence-electron chi connectivity index (χ3n) is 14.0. The number of para-hydroxylation sites is 1. The average molecular weight is 797 g/mol. The lowest BCUT2D eigenvalue weighted by Gasteiger charge is -2.31. The topological polar surface area (TPSA) is 25.8 Å². The van der Waals surface area contributed by atoms with Crippen molar-refractivity contribution in [2.75, 3.05) is 0 Å². The van der Waals surface area contributed by atoms with Crippen LogP contribution in [0.5, 0.6) is 0 Å². The maximum absolute atomic E-state index is 5.73. The van der Waals surface area contributed by atoms with Gasteiger partial charge in [0.25, 0.3) is 0 Å². The van der Waals surface area contributed by atoms with E-state index in [4.69, 9.17) is 9.97 Å². The Hall–Kier alpha value is -8.20. The Morgan fingerprint density at radius 1 is 0.302 bits per heavy atom. The Morgan fingerprint density at radius 2 is 0.841 bits per heavy atom. The highest BCUT2D eigenvalue weighted by molar-refractivity contribution is 6.21. The molecule has 2 heteroatoms. The average Bonchev–Trinajstić information content (AvgIpc) is 3.95. The van der Waals surface area contributed by atoms with Crippen LogP contribution in [0.2, 0.25) is 0 Å². The van der Waals surface area contributed by atoms with E-state index in [0.29, 0.717) is 0 Å². The number of benzene rings is 10. The van der Waals surface area contributed by atoms with Crippen molar-refractivity contribution >= 4 is 21.7 Å². The monoisotopic (exact) mass is 796 g/mol. The van der Waals surface area contributed by atoms with Crippen molar-refractivity contribution in [1.82, 2.24) is 9.97 Å². The van der Waals surface area contributed by atoms with Gasteiger partial charge in [0, 0.05) is 22.1 Å². The lowest BCUT2D eigenvalue weighted by atomic mass is 9.69. The first-order chi connectivity index (χ1) is 31.3. The zero-order valence-electron chi connectivity index (χ0n) is 34.2. The molecule has 0 radical (unpaired) electrons. The lowest BCUT2D eigenvalue weighted by Crippen LogP contribution is -2.26. The van der Waals surface area contributed by atoms with Crippen LogP contribution in [-0.4, -0.2) is 9.97 Å². The summed E-state index contributed by atoms with van der Waals surface area (Å²) in [5.41, 5.74) is 23.2. The van der Waals surface area contributed by atoms with Crippen molar-refractivity contribution < 1.29 is 0 Å². The predicted octanol–water partition coefficient (Wildman–Crippen LogP) is 15.4. The molecule has 0 fully saturated rings. The summed E-state index contributed by atoms with van der Waals surface area (Å²) in [6, 6.07) is 80.3. The Balaban J connectivity index is 1.22. The second-order valence-electron chi connectivity index (χ2n) is 17.1. The molecule has 0 saturated carbocycles. The van der Waals surface area contributed by atoms with Gasteiger partial charge in [-0.3, -0.25) is 0 Å². The zero-order valence-corrected chi connectivity index (χ0v) is 34.2. The van der Waals surface area contributed by atoms with Gasteiger partial charge in [-0.15, -0.1) is 0 Å². The third kappa shape index (κ3) is 4.62. The smallest absolute Gasteiger partial charge is 0.161 e. The minimum atomic E-state index is -0.623. The summed E-state index contributed by atoms with van der Waals surface area (Å²) in [6.45, 7) is 0. The van der Waals surface area contributed by atoms with Crippen LogP contribution in [0.3, 0.4) is 0 Å². The molecule has 63 heavy (non-hydrogen) atoms. The van der Waals surface area contributed by atoms with Crippen LogP contribution in [0, 0.1) is 0 Å². The Labute approximate surface area is 365 Å². The molecule has 0 amide bonds. The molecule has 0 N–H and O–H groups in total. The van der Waals surface area contributed by atoms with Crippen LogP contribution in [0.1, 0.15) is 22.3 Å². The lowest BCUT2D eigenvalue weighted by molar-refractivity contribution is 0.794. The molecule has 0 unspecified atom stereocenters. The summed E-state index contributed by atoms with van der Waals surface area (Å²) in [6.07, 6.45) is 0. The first-order valence-corrected chi connectivity index (χ1v) is 21.8. The highest BCUT2D eigenvalue weighted by Crippen LogP contribution is 2.67. The fourth-order valence-corrected chi connectivity index (χ4v) is 11.5. The van der Waals surface area contributed by atoms with Crippen LogP contribution in [0.15, 0.2) is 218 Å². The van der Waals surface area contributed by atoms with Crippen molar-refractivity contribution in [1.29, 1.82) is 0 Å². The molecule has 290 valence electrons. The van der Waals surface area contributed by atoms with Crippen molar-refractivity contribution in [3.8, 4) is 89.4 Å². The molecule has 1 aromatic heterocycles. The second-order valence-corrected chi connectivity index (χ2v) is 17.1. The molecule has 1 spiro atoms.